The number of carbonyl (C=O) groups is 2. The van der Waals surface area contributed by atoms with E-state index in [1.165, 1.54) is 0 Å². The SMILES string of the molecule is CC(C)Oc1ccc(NC(=O)CNc2cccc(CCC(=O)N(C)C)c2)cc1. The molecule has 0 saturated heterocycles. The van der Waals surface area contributed by atoms with Crippen molar-refractivity contribution in [1.29, 1.82) is 0 Å². The van der Waals surface area contributed by atoms with E-state index in [9.17, 15) is 9.59 Å². The summed E-state index contributed by atoms with van der Waals surface area (Å²) in [5.41, 5.74) is 2.63. The molecule has 0 aliphatic carbocycles. The maximum Gasteiger partial charge on any atom is 0.243 e. The lowest BCUT2D eigenvalue weighted by molar-refractivity contribution is -0.128. The van der Waals surface area contributed by atoms with Gasteiger partial charge in [0.25, 0.3) is 0 Å². The van der Waals surface area contributed by atoms with Gasteiger partial charge < -0.3 is 20.3 Å². The summed E-state index contributed by atoms with van der Waals surface area (Å²) in [6.45, 7) is 4.09. The van der Waals surface area contributed by atoms with Crippen molar-refractivity contribution < 1.29 is 14.3 Å². The minimum absolute atomic E-state index is 0.0996. The van der Waals surface area contributed by atoms with Crippen LogP contribution in [0.15, 0.2) is 48.5 Å². The van der Waals surface area contributed by atoms with Crippen molar-refractivity contribution >= 4 is 23.2 Å². The number of aryl methyl sites for hydroxylation is 1. The molecule has 2 N–H and O–H groups in total. The molecular weight excluding hydrogens is 354 g/mol. The standard InChI is InChI=1S/C22H29N3O3/c1-16(2)28-20-11-9-18(10-12-20)24-21(26)15-23-19-7-5-6-17(14-19)8-13-22(27)25(3)4/h5-7,9-12,14,16,23H,8,13,15H2,1-4H3,(H,24,26). The molecule has 0 radical (unpaired) electrons. The molecule has 2 aromatic rings. The first kappa shape index (κ1) is 21.3. The molecule has 2 rings (SSSR count). The van der Waals surface area contributed by atoms with Gasteiger partial charge in [0.05, 0.1) is 12.6 Å². The van der Waals surface area contributed by atoms with E-state index in [-0.39, 0.29) is 24.5 Å². The Morgan fingerprint density at radius 1 is 1.04 bits per heavy atom. The van der Waals surface area contributed by atoms with Crippen LogP contribution in [-0.4, -0.2) is 43.5 Å². The number of ether oxygens (including phenoxy) is 1. The summed E-state index contributed by atoms with van der Waals surface area (Å²) in [4.78, 5) is 25.5. The zero-order valence-electron chi connectivity index (χ0n) is 17.0. The second-order valence-electron chi connectivity index (χ2n) is 7.08. The number of benzene rings is 2. The Hall–Kier alpha value is -3.02. The number of amides is 2. The first-order chi connectivity index (χ1) is 13.3. The van der Waals surface area contributed by atoms with Gasteiger partial charge in [0, 0.05) is 31.9 Å². The number of nitrogens with zero attached hydrogens (tertiary/aromatic N) is 1. The number of nitrogens with one attached hydrogen (secondary N) is 2. The molecule has 150 valence electrons. The molecule has 2 amide bonds. The summed E-state index contributed by atoms with van der Waals surface area (Å²) in [6.07, 6.45) is 1.25. The summed E-state index contributed by atoms with van der Waals surface area (Å²) < 4.78 is 5.59. The predicted octanol–water partition coefficient (Wildman–Crippen LogP) is 3.55. The van der Waals surface area contributed by atoms with Crippen LogP contribution in [0, 0.1) is 0 Å². The lowest BCUT2D eigenvalue weighted by atomic mass is 10.1. The Morgan fingerprint density at radius 2 is 1.75 bits per heavy atom. The van der Waals surface area contributed by atoms with Gasteiger partial charge in [-0.25, -0.2) is 0 Å². The van der Waals surface area contributed by atoms with Gasteiger partial charge in [0.15, 0.2) is 0 Å². The summed E-state index contributed by atoms with van der Waals surface area (Å²) in [5, 5.41) is 5.97. The van der Waals surface area contributed by atoms with Gasteiger partial charge >= 0.3 is 0 Å². The van der Waals surface area contributed by atoms with Crippen molar-refractivity contribution in [1.82, 2.24) is 4.90 Å². The van der Waals surface area contributed by atoms with E-state index in [4.69, 9.17) is 4.74 Å². The number of carbonyl (C=O) groups excluding carboxylic acids is 2. The molecular formula is C22H29N3O3. The molecule has 0 heterocycles. The summed E-state index contributed by atoms with van der Waals surface area (Å²) in [5.74, 6) is 0.740. The van der Waals surface area contributed by atoms with Gasteiger partial charge in [0.1, 0.15) is 5.75 Å². The molecule has 0 saturated carbocycles. The van der Waals surface area contributed by atoms with Crippen LogP contribution in [0.2, 0.25) is 0 Å². The molecule has 6 nitrogen and oxygen atoms in total. The molecule has 0 fully saturated rings. The van der Waals surface area contributed by atoms with E-state index >= 15 is 0 Å². The van der Waals surface area contributed by atoms with Crippen LogP contribution in [0.25, 0.3) is 0 Å². The maximum absolute atomic E-state index is 12.2. The van der Waals surface area contributed by atoms with Gasteiger partial charge in [-0.1, -0.05) is 12.1 Å². The third-order valence-electron chi connectivity index (χ3n) is 4.02. The van der Waals surface area contributed by atoms with Crippen molar-refractivity contribution in [2.45, 2.75) is 32.8 Å². The van der Waals surface area contributed by atoms with E-state index in [1.807, 2.05) is 62.4 Å². The number of hydrogen-bond donors (Lipinski definition) is 2. The molecule has 0 aliphatic rings. The predicted molar refractivity (Wildman–Crippen MR) is 113 cm³/mol. The van der Waals surface area contributed by atoms with Crippen molar-refractivity contribution in [2.75, 3.05) is 31.3 Å². The third-order valence-corrected chi connectivity index (χ3v) is 4.02. The topological polar surface area (TPSA) is 70.7 Å². The molecule has 0 bridgehead atoms. The summed E-state index contributed by atoms with van der Waals surface area (Å²) >= 11 is 0. The fraction of sp³-hybridized carbons (Fsp3) is 0.364. The summed E-state index contributed by atoms with van der Waals surface area (Å²) in [7, 11) is 3.51. The van der Waals surface area contributed by atoms with E-state index < -0.39 is 0 Å². The molecule has 6 heteroatoms. The van der Waals surface area contributed by atoms with Gasteiger partial charge in [-0.05, 0) is 62.2 Å². The second kappa shape index (κ2) is 10.3. The fourth-order valence-electron chi connectivity index (χ4n) is 2.59. The smallest absolute Gasteiger partial charge is 0.243 e. The van der Waals surface area contributed by atoms with Crippen molar-refractivity contribution in [3.8, 4) is 5.75 Å². The summed E-state index contributed by atoms with van der Waals surface area (Å²) in [6, 6.07) is 15.1. The van der Waals surface area contributed by atoms with E-state index in [0.717, 1.165) is 22.7 Å². The molecule has 0 aliphatic heterocycles. The van der Waals surface area contributed by atoms with Crippen LogP contribution in [0.4, 0.5) is 11.4 Å². The third kappa shape index (κ3) is 7.31. The van der Waals surface area contributed by atoms with E-state index in [0.29, 0.717) is 12.8 Å². The van der Waals surface area contributed by atoms with Gasteiger partial charge in [0.2, 0.25) is 11.8 Å². The Balaban J connectivity index is 1.82. The van der Waals surface area contributed by atoms with Crippen molar-refractivity contribution in [3.05, 3.63) is 54.1 Å². The first-order valence-electron chi connectivity index (χ1n) is 9.43. The minimum atomic E-state index is -0.134. The van der Waals surface area contributed by atoms with Crippen LogP contribution < -0.4 is 15.4 Å². The second-order valence-corrected chi connectivity index (χ2v) is 7.08. The fourth-order valence-corrected chi connectivity index (χ4v) is 2.59. The Bertz CT molecular complexity index is 786. The first-order valence-corrected chi connectivity index (χ1v) is 9.43. The zero-order chi connectivity index (χ0) is 20.5. The van der Waals surface area contributed by atoms with Crippen LogP contribution in [0.1, 0.15) is 25.8 Å². The van der Waals surface area contributed by atoms with Crippen LogP contribution in [-0.2, 0) is 16.0 Å². The molecule has 0 atom stereocenters. The molecule has 2 aromatic carbocycles. The van der Waals surface area contributed by atoms with Gasteiger partial charge in [-0.2, -0.15) is 0 Å². The quantitative estimate of drug-likeness (QED) is 0.695. The Morgan fingerprint density at radius 3 is 2.39 bits per heavy atom. The van der Waals surface area contributed by atoms with Gasteiger partial charge in [-0.3, -0.25) is 9.59 Å². The monoisotopic (exact) mass is 383 g/mol. The van der Waals surface area contributed by atoms with Crippen LogP contribution in [0.3, 0.4) is 0 Å². The highest BCUT2D eigenvalue weighted by Gasteiger charge is 2.06. The minimum Gasteiger partial charge on any atom is -0.491 e. The average Bonchev–Trinajstić information content (AvgIpc) is 2.66. The lowest BCUT2D eigenvalue weighted by Crippen LogP contribution is -2.22. The molecule has 0 aromatic heterocycles. The number of anilines is 2. The van der Waals surface area contributed by atoms with Crippen LogP contribution >= 0.6 is 0 Å². The average molecular weight is 383 g/mol. The maximum atomic E-state index is 12.2. The highest BCUT2D eigenvalue weighted by molar-refractivity contribution is 5.93. The van der Waals surface area contributed by atoms with Crippen LogP contribution in [0.5, 0.6) is 5.75 Å². The molecule has 28 heavy (non-hydrogen) atoms. The zero-order valence-corrected chi connectivity index (χ0v) is 17.0. The van der Waals surface area contributed by atoms with E-state index in [1.54, 1.807) is 19.0 Å². The Kier molecular flexibility index (Phi) is 7.87. The van der Waals surface area contributed by atoms with Gasteiger partial charge in [-0.15, -0.1) is 0 Å². The normalized spacial score (nSPS) is 10.5. The van der Waals surface area contributed by atoms with Crippen molar-refractivity contribution in [3.63, 3.8) is 0 Å². The number of hydrogen-bond acceptors (Lipinski definition) is 4. The lowest BCUT2D eigenvalue weighted by Gasteiger charge is -2.12. The van der Waals surface area contributed by atoms with E-state index in [2.05, 4.69) is 10.6 Å². The van der Waals surface area contributed by atoms with Crippen molar-refractivity contribution in [2.24, 2.45) is 0 Å². The molecule has 0 spiro atoms. The highest BCUT2D eigenvalue weighted by atomic mass is 16.5. The Labute approximate surface area is 166 Å². The largest absolute Gasteiger partial charge is 0.491 e. The number of rotatable bonds is 9. The highest BCUT2D eigenvalue weighted by Crippen LogP contribution is 2.17. The molecule has 0 unspecified atom stereocenters.